The van der Waals surface area contributed by atoms with Gasteiger partial charge in [-0.3, -0.25) is 4.79 Å². The van der Waals surface area contributed by atoms with Gasteiger partial charge in [-0.15, -0.1) is 10.2 Å². The molecule has 0 unspecified atom stereocenters. The van der Waals surface area contributed by atoms with Crippen LogP contribution in [0.5, 0.6) is 5.75 Å². The highest BCUT2D eigenvalue weighted by Gasteiger charge is 2.44. The molecular formula is C34H41ClN6O5S. The smallest absolute Gasteiger partial charge is 0.264 e. The number of rotatable bonds is 3. The first-order chi connectivity index (χ1) is 22.6. The van der Waals surface area contributed by atoms with Gasteiger partial charge in [0.05, 0.1) is 30.7 Å². The van der Waals surface area contributed by atoms with Gasteiger partial charge in [-0.25, -0.2) is 13.1 Å². The Morgan fingerprint density at radius 1 is 1.17 bits per heavy atom. The monoisotopic (exact) mass is 680 g/mol. The number of anilines is 1. The van der Waals surface area contributed by atoms with Crippen molar-refractivity contribution in [2.24, 2.45) is 18.9 Å². The maximum absolute atomic E-state index is 13.4. The number of aryl methyl sites for hydroxylation is 2. The number of benzene rings is 2. The van der Waals surface area contributed by atoms with Crippen LogP contribution in [0.15, 0.2) is 48.6 Å². The molecule has 1 aromatic heterocycles. The molecule has 5 atom stereocenters. The lowest BCUT2D eigenvalue weighted by molar-refractivity contribution is -0.0249. The standard InChI is InChI=1S/C34H41ClN6O5S/c1-22-6-3-4-8-30(45-19-32-36-39-40(2)37-32)27-12-9-25(27)18-41-20-34(15-5-7-23-16-26(35)11-13-28(23)34)21-46-31-14-10-24(17-29(31)41)33(42)38-47(22,43)44/h4,8,10-11,13-14,16-17,22,25,27,30H,3,5-7,9,12,15,18-21H2,1-2H3,(H,38,42)/b8-4-/t22-,25+,27-,30+,34+/m1/s1. The van der Waals surface area contributed by atoms with Crippen molar-refractivity contribution in [2.45, 2.75) is 75.2 Å². The van der Waals surface area contributed by atoms with Crippen molar-refractivity contribution in [1.82, 2.24) is 24.9 Å². The summed E-state index contributed by atoms with van der Waals surface area (Å²) in [4.78, 5) is 17.2. The Morgan fingerprint density at radius 3 is 2.83 bits per heavy atom. The van der Waals surface area contributed by atoms with E-state index in [0.717, 1.165) is 49.4 Å². The van der Waals surface area contributed by atoms with Crippen molar-refractivity contribution in [3.05, 3.63) is 76.1 Å². The summed E-state index contributed by atoms with van der Waals surface area (Å²) in [5, 5.41) is 12.3. The average molecular weight is 681 g/mol. The second-order valence-electron chi connectivity index (χ2n) is 13.6. The molecule has 2 aliphatic carbocycles. The fourth-order valence-electron chi connectivity index (χ4n) is 7.67. The van der Waals surface area contributed by atoms with Gasteiger partial charge >= 0.3 is 0 Å². The Bertz CT molecular complexity index is 1800. The zero-order valence-corrected chi connectivity index (χ0v) is 28.3. The summed E-state index contributed by atoms with van der Waals surface area (Å²) >= 11 is 6.43. The van der Waals surface area contributed by atoms with E-state index in [1.807, 2.05) is 18.2 Å². The summed E-state index contributed by atoms with van der Waals surface area (Å²) in [5.74, 6) is 1.13. The van der Waals surface area contributed by atoms with Crippen LogP contribution in [0.4, 0.5) is 5.69 Å². The molecule has 2 aromatic carbocycles. The van der Waals surface area contributed by atoms with Gasteiger partial charge in [0, 0.05) is 29.1 Å². The second kappa shape index (κ2) is 12.9. The van der Waals surface area contributed by atoms with Crippen molar-refractivity contribution >= 4 is 33.2 Å². The van der Waals surface area contributed by atoms with Crippen LogP contribution in [0.3, 0.4) is 0 Å². The average Bonchev–Trinajstić information content (AvgIpc) is 3.39. The first-order valence-corrected chi connectivity index (χ1v) is 18.4. The van der Waals surface area contributed by atoms with E-state index in [1.54, 1.807) is 26.1 Å². The summed E-state index contributed by atoms with van der Waals surface area (Å²) in [5.41, 5.74) is 3.33. The van der Waals surface area contributed by atoms with Gasteiger partial charge in [0.15, 0.2) is 5.82 Å². The summed E-state index contributed by atoms with van der Waals surface area (Å²) < 4.78 is 41.7. The largest absolute Gasteiger partial charge is 0.490 e. The first kappa shape index (κ1) is 32.1. The molecule has 4 aliphatic rings. The summed E-state index contributed by atoms with van der Waals surface area (Å²) in [7, 11) is -2.17. The number of carbonyl (C=O) groups is 1. The number of hydrogen-bond acceptors (Lipinski definition) is 9. The molecule has 13 heteroatoms. The zero-order valence-electron chi connectivity index (χ0n) is 26.8. The lowest BCUT2D eigenvalue weighted by atomic mass is 9.68. The van der Waals surface area contributed by atoms with Crippen molar-refractivity contribution in [1.29, 1.82) is 0 Å². The van der Waals surface area contributed by atoms with Gasteiger partial charge in [0.1, 0.15) is 12.4 Å². The number of amides is 1. The van der Waals surface area contributed by atoms with E-state index in [-0.39, 0.29) is 29.6 Å². The Morgan fingerprint density at radius 2 is 2.04 bits per heavy atom. The Labute approximate surface area is 280 Å². The van der Waals surface area contributed by atoms with Gasteiger partial charge in [-0.2, -0.15) is 4.80 Å². The molecular weight excluding hydrogens is 640 g/mol. The van der Waals surface area contributed by atoms with Crippen molar-refractivity contribution in [3.63, 3.8) is 0 Å². The highest BCUT2D eigenvalue weighted by Crippen LogP contribution is 2.47. The van der Waals surface area contributed by atoms with Crippen LogP contribution in [0.2, 0.25) is 5.02 Å². The molecule has 0 radical (unpaired) electrons. The Hall–Kier alpha value is -3.48. The minimum Gasteiger partial charge on any atom is -0.490 e. The van der Waals surface area contributed by atoms with Crippen LogP contribution >= 0.6 is 11.6 Å². The quantitative estimate of drug-likeness (QED) is 0.390. The normalized spacial score (nSPS) is 29.4. The number of nitrogens with one attached hydrogen (secondary N) is 1. The molecule has 1 saturated carbocycles. The predicted molar refractivity (Wildman–Crippen MR) is 178 cm³/mol. The number of halogens is 1. The Balaban J connectivity index is 1.26. The van der Waals surface area contributed by atoms with Crippen LogP contribution in [-0.4, -0.2) is 65.6 Å². The van der Waals surface area contributed by atoms with E-state index in [9.17, 15) is 13.2 Å². The van der Waals surface area contributed by atoms with E-state index < -0.39 is 21.2 Å². The van der Waals surface area contributed by atoms with Gasteiger partial charge in [-0.1, -0.05) is 29.8 Å². The molecule has 7 rings (SSSR count). The predicted octanol–water partition coefficient (Wildman–Crippen LogP) is 4.75. The third-order valence-electron chi connectivity index (χ3n) is 10.4. The van der Waals surface area contributed by atoms with Gasteiger partial charge < -0.3 is 14.4 Å². The van der Waals surface area contributed by atoms with E-state index in [1.165, 1.54) is 15.9 Å². The SMILES string of the molecule is C[C@@H]1CC/C=C\[C@H](OCc2nnn(C)n2)[C@@H]2CC[C@H]2CN2C[C@@]3(CCCc4cc(Cl)ccc43)COc3ccc(cc32)C(=O)NS1(=O)=O. The molecule has 47 heavy (non-hydrogen) atoms. The number of ether oxygens (including phenoxy) is 2. The number of tetrazole rings is 1. The van der Waals surface area contributed by atoms with Crippen molar-refractivity contribution in [2.75, 3.05) is 24.6 Å². The van der Waals surface area contributed by atoms with E-state index in [0.29, 0.717) is 43.5 Å². The molecule has 3 heterocycles. The zero-order chi connectivity index (χ0) is 32.8. The van der Waals surface area contributed by atoms with Crippen LogP contribution in [0.1, 0.15) is 72.8 Å². The minimum atomic E-state index is -3.90. The first-order valence-electron chi connectivity index (χ1n) is 16.5. The van der Waals surface area contributed by atoms with Gasteiger partial charge in [0.2, 0.25) is 10.0 Å². The molecule has 1 fully saturated rings. The van der Waals surface area contributed by atoms with Gasteiger partial charge in [-0.05, 0) is 110 Å². The van der Waals surface area contributed by atoms with E-state index >= 15 is 0 Å². The van der Waals surface area contributed by atoms with Crippen molar-refractivity contribution in [3.8, 4) is 5.75 Å². The number of carbonyl (C=O) groups excluding carboxylic acids is 1. The summed E-state index contributed by atoms with van der Waals surface area (Å²) in [6.07, 6.45) is 9.78. The molecule has 1 spiro atoms. The number of aromatic nitrogens is 4. The second-order valence-corrected chi connectivity index (χ2v) is 16.1. The summed E-state index contributed by atoms with van der Waals surface area (Å²) in [6.45, 7) is 3.79. The molecule has 2 aliphatic heterocycles. The molecule has 1 N–H and O–H groups in total. The lowest BCUT2D eigenvalue weighted by Gasteiger charge is -2.46. The van der Waals surface area contributed by atoms with E-state index in [4.69, 9.17) is 21.1 Å². The third-order valence-corrected chi connectivity index (χ3v) is 12.4. The maximum atomic E-state index is 13.4. The topological polar surface area (TPSA) is 129 Å². The fraction of sp³-hybridized carbons (Fsp3) is 0.529. The summed E-state index contributed by atoms with van der Waals surface area (Å²) in [6, 6.07) is 11.5. The number of nitrogens with zero attached hydrogens (tertiary/aromatic N) is 5. The van der Waals surface area contributed by atoms with Crippen molar-refractivity contribution < 1.29 is 22.7 Å². The van der Waals surface area contributed by atoms with Gasteiger partial charge in [0.25, 0.3) is 5.91 Å². The number of hydrogen-bond donors (Lipinski definition) is 1. The molecule has 250 valence electrons. The van der Waals surface area contributed by atoms with Crippen LogP contribution in [0, 0.1) is 11.8 Å². The fourth-order valence-corrected chi connectivity index (χ4v) is 8.89. The number of allylic oxidation sites excluding steroid dienone is 1. The van der Waals surface area contributed by atoms with Crippen LogP contribution < -0.4 is 14.4 Å². The lowest BCUT2D eigenvalue weighted by Crippen LogP contribution is -2.49. The minimum absolute atomic E-state index is 0.197. The molecule has 1 amide bonds. The Kier molecular flexibility index (Phi) is 8.77. The highest BCUT2D eigenvalue weighted by atomic mass is 35.5. The maximum Gasteiger partial charge on any atom is 0.264 e. The number of fused-ring (bicyclic) bond motifs is 4. The highest BCUT2D eigenvalue weighted by molar-refractivity contribution is 7.90. The number of sulfonamides is 1. The molecule has 0 saturated heterocycles. The van der Waals surface area contributed by atoms with Crippen LogP contribution in [0.25, 0.3) is 0 Å². The molecule has 3 aromatic rings. The molecule has 2 bridgehead atoms. The van der Waals surface area contributed by atoms with Crippen LogP contribution in [-0.2, 0) is 40.3 Å². The third kappa shape index (κ3) is 6.51. The molecule has 11 nitrogen and oxygen atoms in total. The van der Waals surface area contributed by atoms with E-state index in [2.05, 4.69) is 43.2 Å².